The van der Waals surface area contributed by atoms with Crippen LogP contribution in [0.4, 0.5) is 5.69 Å². The van der Waals surface area contributed by atoms with Crippen LogP contribution < -0.4 is 5.32 Å². The lowest BCUT2D eigenvalue weighted by Gasteiger charge is -2.06. The molecule has 2 N–H and O–H groups in total. The van der Waals surface area contributed by atoms with Crippen molar-refractivity contribution >= 4 is 22.5 Å². The summed E-state index contributed by atoms with van der Waals surface area (Å²) in [6, 6.07) is 14.5. The van der Waals surface area contributed by atoms with Crippen LogP contribution in [-0.4, -0.2) is 10.9 Å². The third-order valence-electron chi connectivity index (χ3n) is 3.82. The highest BCUT2D eigenvalue weighted by molar-refractivity contribution is 6.06. The Hall–Kier alpha value is -3.06. The molecule has 4 heteroatoms. The van der Waals surface area contributed by atoms with E-state index in [2.05, 4.69) is 16.4 Å². The van der Waals surface area contributed by atoms with Crippen molar-refractivity contribution in [1.29, 1.82) is 5.26 Å². The van der Waals surface area contributed by atoms with Gasteiger partial charge in [-0.1, -0.05) is 6.07 Å². The molecule has 1 amide bonds. The van der Waals surface area contributed by atoms with E-state index in [0.717, 1.165) is 22.2 Å². The molecule has 4 nitrogen and oxygen atoms in total. The summed E-state index contributed by atoms with van der Waals surface area (Å²) in [6.07, 6.45) is 0. The molecule has 108 valence electrons. The maximum absolute atomic E-state index is 12.4. The Kier molecular flexibility index (Phi) is 3.40. The van der Waals surface area contributed by atoms with Crippen molar-refractivity contribution < 1.29 is 4.79 Å². The topological polar surface area (TPSA) is 68.7 Å². The van der Waals surface area contributed by atoms with Crippen LogP contribution in [0.15, 0.2) is 42.5 Å². The van der Waals surface area contributed by atoms with Crippen molar-refractivity contribution in [3.05, 3.63) is 64.8 Å². The number of nitriles is 1. The minimum atomic E-state index is -0.185. The van der Waals surface area contributed by atoms with Crippen molar-refractivity contribution in [3.63, 3.8) is 0 Å². The first-order chi connectivity index (χ1) is 10.6. The lowest BCUT2D eigenvalue weighted by molar-refractivity contribution is 0.102. The number of hydrogen-bond acceptors (Lipinski definition) is 2. The first-order valence-electron chi connectivity index (χ1n) is 6.99. The molecular formula is C18H15N3O. The number of hydrogen-bond donors (Lipinski definition) is 2. The molecule has 0 radical (unpaired) electrons. The van der Waals surface area contributed by atoms with Gasteiger partial charge in [-0.05, 0) is 55.8 Å². The van der Waals surface area contributed by atoms with Gasteiger partial charge in [0.25, 0.3) is 5.91 Å². The number of benzene rings is 2. The number of carbonyl (C=O) groups is 1. The zero-order chi connectivity index (χ0) is 15.7. The monoisotopic (exact) mass is 289 g/mol. The predicted molar refractivity (Wildman–Crippen MR) is 86.9 cm³/mol. The van der Waals surface area contributed by atoms with Crippen molar-refractivity contribution in [2.24, 2.45) is 0 Å². The predicted octanol–water partition coefficient (Wildman–Crippen LogP) is 3.91. The summed E-state index contributed by atoms with van der Waals surface area (Å²) in [5.74, 6) is -0.185. The van der Waals surface area contributed by atoms with Gasteiger partial charge in [0.05, 0.1) is 11.6 Å². The summed E-state index contributed by atoms with van der Waals surface area (Å²) in [6.45, 7) is 4.05. The molecule has 2 aromatic carbocycles. The lowest BCUT2D eigenvalue weighted by atomic mass is 10.1. The molecule has 0 aliphatic heterocycles. The molecule has 0 saturated carbocycles. The minimum absolute atomic E-state index is 0.185. The molecule has 0 atom stereocenters. The van der Waals surface area contributed by atoms with Gasteiger partial charge in [0.15, 0.2) is 0 Å². The van der Waals surface area contributed by atoms with Gasteiger partial charge in [-0.15, -0.1) is 0 Å². The standard InChI is InChI=1S/C18H15N3O/c1-11-12(2)20-17-7-6-14(9-16(11)17)18(22)21-15-5-3-4-13(8-15)10-19/h3-9,20H,1-2H3,(H,21,22). The SMILES string of the molecule is Cc1[nH]c2ccc(C(=O)Nc3cccc(C#N)c3)cc2c1C. The Balaban J connectivity index is 1.91. The number of nitrogens with one attached hydrogen (secondary N) is 2. The van der Waals surface area contributed by atoms with E-state index in [1.54, 1.807) is 30.3 Å². The molecule has 1 aromatic heterocycles. The maximum atomic E-state index is 12.4. The molecule has 1 heterocycles. The van der Waals surface area contributed by atoms with Crippen molar-refractivity contribution in [3.8, 4) is 6.07 Å². The second-order valence-electron chi connectivity index (χ2n) is 5.28. The molecule has 0 bridgehead atoms. The molecule has 0 aliphatic rings. The number of rotatable bonds is 2. The number of aromatic nitrogens is 1. The van der Waals surface area contributed by atoms with Gasteiger partial charge in [0, 0.05) is 27.8 Å². The first-order valence-corrected chi connectivity index (χ1v) is 6.99. The fourth-order valence-electron chi connectivity index (χ4n) is 2.47. The number of aryl methyl sites for hydroxylation is 2. The van der Waals surface area contributed by atoms with Gasteiger partial charge >= 0.3 is 0 Å². The van der Waals surface area contributed by atoms with Crippen molar-refractivity contribution in [2.75, 3.05) is 5.32 Å². The van der Waals surface area contributed by atoms with E-state index in [4.69, 9.17) is 5.26 Å². The van der Waals surface area contributed by atoms with Crippen molar-refractivity contribution in [1.82, 2.24) is 4.98 Å². The van der Waals surface area contributed by atoms with Crippen LogP contribution in [0.1, 0.15) is 27.2 Å². The fraction of sp³-hybridized carbons (Fsp3) is 0.111. The zero-order valence-corrected chi connectivity index (χ0v) is 12.4. The van der Waals surface area contributed by atoms with Gasteiger partial charge in [-0.3, -0.25) is 4.79 Å². The van der Waals surface area contributed by atoms with Gasteiger partial charge < -0.3 is 10.3 Å². The summed E-state index contributed by atoms with van der Waals surface area (Å²) >= 11 is 0. The molecule has 0 spiro atoms. The average Bonchev–Trinajstić information content (AvgIpc) is 2.82. The summed E-state index contributed by atoms with van der Waals surface area (Å²) < 4.78 is 0. The molecular weight excluding hydrogens is 274 g/mol. The Morgan fingerprint density at radius 1 is 1.18 bits per heavy atom. The molecule has 0 unspecified atom stereocenters. The summed E-state index contributed by atoms with van der Waals surface area (Å²) in [4.78, 5) is 15.7. The van der Waals surface area contributed by atoms with E-state index < -0.39 is 0 Å². The Labute approximate surface area is 128 Å². The number of carbonyl (C=O) groups excluding carboxylic acids is 1. The lowest BCUT2D eigenvalue weighted by Crippen LogP contribution is -2.11. The molecule has 0 fully saturated rings. The number of amides is 1. The second-order valence-corrected chi connectivity index (χ2v) is 5.28. The third-order valence-corrected chi connectivity index (χ3v) is 3.82. The van der Waals surface area contributed by atoms with Crippen LogP contribution in [-0.2, 0) is 0 Å². The van der Waals surface area contributed by atoms with Gasteiger partial charge in [0.2, 0.25) is 0 Å². The number of nitrogens with zero attached hydrogens (tertiary/aromatic N) is 1. The van der Waals surface area contributed by atoms with E-state index >= 15 is 0 Å². The second kappa shape index (κ2) is 5.38. The molecule has 22 heavy (non-hydrogen) atoms. The minimum Gasteiger partial charge on any atom is -0.358 e. The first kappa shape index (κ1) is 13.9. The Morgan fingerprint density at radius 2 is 2.00 bits per heavy atom. The van der Waals surface area contributed by atoms with E-state index in [0.29, 0.717) is 16.8 Å². The number of H-pyrrole nitrogens is 1. The highest BCUT2D eigenvalue weighted by Gasteiger charge is 2.10. The normalized spacial score (nSPS) is 10.4. The van der Waals surface area contributed by atoms with Crippen LogP contribution in [0.3, 0.4) is 0 Å². The van der Waals surface area contributed by atoms with Gasteiger partial charge in [-0.25, -0.2) is 0 Å². The van der Waals surface area contributed by atoms with E-state index in [-0.39, 0.29) is 5.91 Å². The zero-order valence-electron chi connectivity index (χ0n) is 12.4. The van der Waals surface area contributed by atoms with Crippen molar-refractivity contribution in [2.45, 2.75) is 13.8 Å². The van der Waals surface area contributed by atoms with Crippen LogP contribution in [0.5, 0.6) is 0 Å². The third kappa shape index (κ3) is 2.45. The molecule has 0 saturated heterocycles. The largest absolute Gasteiger partial charge is 0.358 e. The average molecular weight is 289 g/mol. The number of fused-ring (bicyclic) bond motifs is 1. The Morgan fingerprint density at radius 3 is 2.77 bits per heavy atom. The van der Waals surface area contributed by atoms with E-state index in [1.165, 1.54) is 0 Å². The summed E-state index contributed by atoms with van der Waals surface area (Å²) in [7, 11) is 0. The highest BCUT2D eigenvalue weighted by atomic mass is 16.1. The van der Waals surface area contributed by atoms with Gasteiger partial charge in [-0.2, -0.15) is 5.26 Å². The maximum Gasteiger partial charge on any atom is 0.255 e. The quantitative estimate of drug-likeness (QED) is 0.751. The number of aromatic amines is 1. The molecule has 3 rings (SSSR count). The van der Waals surface area contributed by atoms with Crippen LogP contribution in [0, 0.1) is 25.2 Å². The van der Waals surface area contributed by atoms with Crippen LogP contribution in [0.2, 0.25) is 0 Å². The number of anilines is 1. The summed E-state index contributed by atoms with van der Waals surface area (Å²) in [5.41, 5.74) is 5.01. The van der Waals surface area contributed by atoms with E-state index in [1.807, 2.05) is 26.0 Å². The van der Waals surface area contributed by atoms with E-state index in [9.17, 15) is 4.79 Å². The smallest absolute Gasteiger partial charge is 0.255 e. The fourth-order valence-corrected chi connectivity index (χ4v) is 2.47. The highest BCUT2D eigenvalue weighted by Crippen LogP contribution is 2.23. The van der Waals surface area contributed by atoms with Crippen LogP contribution in [0.25, 0.3) is 10.9 Å². The van der Waals surface area contributed by atoms with Gasteiger partial charge in [0.1, 0.15) is 0 Å². The van der Waals surface area contributed by atoms with Crippen LogP contribution >= 0.6 is 0 Å². The summed E-state index contributed by atoms with van der Waals surface area (Å²) in [5, 5.41) is 12.8. The molecule has 0 aliphatic carbocycles. The Bertz CT molecular complexity index is 916. The molecule has 3 aromatic rings.